The predicted molar refractivity (Wildman–Crippen MR) is 91.3 cm³/mol. The van der Waals surface area contributed by atoms with E-state index < -0.39 is 11.5 Å². The molecule has 0 bridgehead atoms. The number of aromatic nitrogens is 3. The molecule has 0 aliphatic rings. The van der Waals surface area contributed by atoms with Crippen LogP contribution in [0.5, 0.6) is 0 Å². The van der Waals surface area contributed by atoms with Gasteiger partial charge in [-0.3, -0.25) is 14.6 Å². The minimum Gasteiger partial charge on any atom is -0.550 e. The molecule has 0 saturated heterocycles. The van der Waals surface area contributed by atoms with Gasteiger partial charge in [0.15, 0.2) is 5.16 Å². The summed E-state index contributed by atoms with van der Waals surface area (Å²) in [5, 5.41) is 20.8. The Morgan fingerprint density at radius 3 is 2.64 bits per heavy atom. The van der Waals surface area contributed by atoms with Crippen LogP contribution in [0.2, 0.25) is 0 Å². The van der Waals surface area contributed by atoms with Crippen LogP contribution in [0.1, 0.15) is 23.2 Å². The molecule has 0 aliphatic heterocycles. The van der Waals surface area contributed by atoms with Crippen LogP contribution in [0, 0.1) is 13.8 Å². The van der Waals surface area contributed by atoms with Crippen LogP contribution in [-0.2, 0) is 16.0 Å². The van der Waals surface area contributed by atoms with Crippen molar-refractivity contribution in [3.8, 4) is 0 Å². The summed E-state index contributed by atoms with van der Waals surface area (Å²) in [4.78, 5) is 36.6. The Kier molecular flexibility index (Phi) is 6.29. The summed E-state index contributed by atoms with van der Waals surface area (Å²) in [6.45, 7) is 3.95. The Morgan fingerprint density at radius 2 is 2.00 bits per heavy atom. The van der Waals surface area contributed by atoms with Crippen molar-refractivity contribution >= 4 is 29.3 Å². The van der Waals surface area contributed by atoms with Gasteiger partial charge in [-0.25, -0.2) is 0 Å². The second-order valence-electron chi connectivity index (χ2n) is 5.41. The predicted octanol–water partition coefficient (Wildman–Crippen LogP) is 0.195. The van der Waals surface area contributed by atoms with Gasteiger partial charge in [0.1, 0.15) is 5.69 Å². The maximum atomic E-state index is 12.0. The van der Waals surface area contributed by atoms with Crippen molar-refractivity contribution in [3.63, 3.8) is 0 Å². The van der Waals surface area contributed by atoms with Crippen LogP contribution in [0.15, 0.2) is 28.2 Å². The van der Waals surface area contributed by atoms with E-state index in [0.717, 1.165) is 22.9 Å². The fourth-order valence-electron chi connectivity index (χ4n) is 1.94. The van der Waals surface area contributed by atoms with Gasteiger partial charge < -0.3 is 15.2 Å². The van der Waals surface area contributed by atoms with E-state index in [1.807, 2.05) is 32.0 Å². The van der Waals surface area contributed by atoms with Crippen molar-refractivity contribution in [2.45, 2.75) is 31.8 Å². The zero-order valence-corrected chi connectivity index (χ0v) is 14.6. The summed E-state index contributed by atoms with van der Waals surface area (Å²) < 4.78 is 0. The molecule has 1 aromatic heterocycles. The summed E-state index contributed by atoms with van der Waals surface area (Å²) in [5.74, 6) is -1.45. The third-order valence-corrected chi connectivity index (χ3v) is 4.30. The Balaban J connectivity index is 1.90. The third kappa shape index (κ3) is 5.71. The van der Waals surface area contributed by atoms with Crippen molar-refractivity contribution in [1.29, 1.82) is 0 Å². The lowest BCUT2D eigenvalue weighted by Crippen LogP contribution is -2.25. The van der Waals surface area contributed by atoms with Crippen LogP contribution in [0.25, 0.3) is 0 Å². The largest absolute Gasteiger partial charge is 0.550 e. The average Bonchev–Trinajstić information content (AvgIpc) is 2.55. The molecule has 2 aromatic rings. The number of amides is 1. The quantitative estimate of drug-likeness (QED) is 0.674. The molecule has 1 heterocycles. The SMILES string of the molecule is Cc1ccc(NC(=O)CSc2nnc(CCC(=O)[O-])c(=O)[nH]2)cc1C. The van der Waals surface area contributed by atoms with E-state index in [9.17, 15) is 19.5 Å². The molecule has 0 aliphatic carbocycles. The molecular weight excluding hydrogens is 344 g/mol. The summed E-state index contributed by atoms with van der Waals surface area (Å²) in [5.41, 5.74) is 2.42. The number of anilines is 1. The normalized spacial score (nSPS) is 10.5. The fraction of sp³-hybridized carbons (Fsp3) is 0.312. The van der Waals surface area contributed by atoms with Crippen molar-refractivity contribution in [1.82, 2.24) is 15.2 Å². The molecule has 132 valence electrons. The maximum Gasteiger partial charge on any atom is 0.273 e. The van der Waals surface area contributed by atoms with E-state index in [1.165, 1.54) is 0 Å². The summed E-state index contributed by atoms with van der Waals surface area (Å²) >= 11 is 1.03. The number of aryl methyl sites for hydroxylation is 3. The monoisotopic (exact) mass is 361 g/mol. The van der Waals surface area contributed by atoms with Crippen LogP contribution < -0.4 is 16.0 Å². The van der Waals surface area contributed by atoms with Gasteiger partial charge in [-0.05, 0) is 43.5 Å². The van der Waals surface area contributed by atoms with Gasteiger partial charge in [0, 0.05) is 18.1 Å². The minimum atomic E-state index is -1.26. The second kappa shape index (κ2) is 8.43. The van der Waals surface area contributed by atoms with E-state index in [-0.39, 0.29) is 35.4 Å². The van der Waals surface area contributed by atoms with Crippen LogP contribution >= 0.6 is 11.8 Å². The molecule has 0 saturated carbocycles. The highest BCUT2D eigenvalue weighted by molar-refractivity contribution is 7.99. The molecule has 2 rings (SSSR count). The summed E-state index contributed by atoms with van der Waals surface area (Å²) in [7, 11) is 0. The Hall–Kier alpha value is -2.68. The highest BCUT2D eigenvalue weighted by Gasteiger charge is 2.09. The average molecular weight is 361 g/mol. The number of nitrogens with zero attached hydrogens (tertiary/aromatic N) is 2. The van der Waals surface area contributed by atoms with E-state index in [0.29, 0.717) is 5.69 Å². The number of aromatic amines is 1. The number of thioether (sulfide) groups is 1. The number of nitrogens with one attached hydrogen (secondary N) is 2. The number of carboxylic acids is 1. The van der Waals surface area contributed by atoms with Crippen molar-refractivity contribution in [3.05, 3.63) is 45.4 Å². The minimum absolute atomic E-state index is 0.0214. The van der Waals surface area contributed by atoms with Gasteiger partial charge in [-0.15, -0.1) is 10.2 Å². The number of rotatable bonds is 7. The number of hydrogen-bond acceptors (Lipinski definition) is 7. The van der Waals surface area contributed by atoms with E-state index >= 15 is 0 Å². The van der Waals surface area contributed by atoms with Crippen molar-refractivity contribution in [2.24, 2.45) is 0 Å². The highest BCUT2D eigenvalue weighted by Crippen LogP contribution is 2.15. The number of benzene rings is 1. The zero-order chi connectivity index (χ0) is 18.4. The number of H-pyrrole nitrogens is 1. The summed E-state index contributed by atoms with van der Waals surface area (Å²) in [6.07, 6.45) is -0.356. The van der Waals surface area contributed by atoms with E-state index in [2.05, 4.69) is 20.5 Å². The van der Waals surface area contributed by atoms with Gasteiger partial charge in [-0.1, -0.05) is 17.8 Å². The second-order valence-corrected chi connectivity index (χ2v) is 6.38. The molecule has 8 nitrogen and oxygen atoms in total. The first kappa shape index (κ1) is 18.7. The number of carbonyl (C=O) groups is 2. The lowest BCUT2D eigenvalue weighted by atomic mass is 10.1. The first-order valence-corrected chi connectivity index (χ1v) is 8.49. The molecule has 0 atom stereocenters. The Labute approximate surface area is 148 Å². The lowest BCUT2D eigenvalue weighted by molar-refractivity contribution is -0.305. The standard InChI is InChI=1S/C16H18N4O4S/c1-9-3-4-11(7-10(9)2)17-13(21)8-25-16-18-15(24)12(19-20-16)5-6-14(22)23/h3-4,7H,5-6,8H2,1-2H3,(H,17,21)(H,22,23)(H,18,20,24)/p-1. The molecule has 1 aromatic carbocycles. The number of hydrogen-bond donors (Lipinski definition) is 2. The van der Waals surface area contributed by atoms with Gasteiger partial charge in [-0.2, -0.15) is 0 Å². The van der Waals surface area contributed by atoms with Gasteiger partial charge in [0.25, 0.3) is 5.56 Å². The fourth-order valence-corrected chi connectivity index (χ4v) is 2.55. The lowest BCUT2D eigenvalue weighted by Gasteiger charge is -2.07. The molecule has 0 fully saturated rings. The van der Waals surface area contributed by atoms with Crippen LogP contribution in [0.4, 0.5) is 5.69 Å². The van der Waals surface area contributed by atoms with Gasteiger partial charge >= 0.3 is 0 Å². The molecule has 0 spiro atoms. The van der Waals surface area contributed by atoms with E-state index in [1.54, 1.807) is 0 Å². The van der Waals surface area contributed by atoms with Crippen molar-refractivity contribution < 1.29 is 14.7 Å². The maximum absolute atomic E-state index is 12.0. The first-order chi connectivity index (χ1) is 11.8. The Morgan fingerprint density at radius 1 is 1.24 bits per heavy atom. The zero-order valence-electron chi connectivity index (χ0n) is 13.8. The van der Waals surface area contributed by atoms with Crippen molar-refractivity contribution in [2.75, 3.05) is 11.1 Å². The number of carbonyl (C=O) groups excluding carboxylic acids is 2. The molecule has 9 heteroatoms. The van der Waals surface area contributed by atoms with E-state index in [4.69, 9.17) is 0 Å². The molecule has 25 heavy (non-hydrogen) atoms. The molecule has 0 unspecified atom stereocenters. The number of aliphatic carboxylic acids is 1. The van der Waals surface area contributed by atoms with Crippen LogP contribution in [-0.4, -0.2) is 32.8 Å². The molecule has 0 radical (unpaired) electrons. The molecule has 1 amide bonds. The van der Waals surface area contributed by atoms with Gasteiger partial charge in [0.2, 0.25) is 5.91 Å². The van der Waals surface area contributed by atoms with Crippen LogP contribution in [0.3, 0.4) is 0 Å². The third-order valence-electron chi connectivity index (χ3n) is 3.44. The highest BCUT2D eigenvalue weighted by atomic mass is 32.2. The number of carboxylic acid groups (broad SMARTS) is 1. The molecule has 2 N–H and O–H groups in total. The smallest absolute Gasteiger partial charge is 0.273 e. The summed E-state index contributed by atoms with van der Waals surface area (Å²) in [6, 6.07) is 5.62. The molecular formula is C16H17N4O4S-. The first-order valence-electron chi connectivity index (χ1n) is 7.51. The van der Waals surface area contributed by atoms with Gasteiger partial charge in [0.05, 0.1) is 5.75 Å². The topological polar surface area (TPSA) is 128 Å². The Bertz CT molecular complexity index is 850.